The van der Waals surface area contributed by atoms with Gasteiger partial charge in [0.15, 0.2) is 0 Å². The molecule has 0 aromatic heterocycles. The molecule has 0 amide bonds. The van der Waals surface area contributed by atoms with E-state index in [9.17, 15) is 12.8 Å². The van der Waals surface area contributed by atoms with Crippen molar-refractivity contribution in [1.82, 2.24) is 4.90 Å². The monoisotopic (exact) mass is 495 g/mol. The van der Waals surface area contributed by atoms with Crippen molar-refractivity contribution >= 4 is 21.7 Å². The van der Waals surface area contributed by atoms with E-state index in [1.807, 2.05) is 13.0 Å². The van der Waals surface area contributed by atoms with Crippen LogP contribution in [0.2, 0.25) is 0 Å². The minimum Gasteiger partial charge on any atom is -0.313 e. The molecular weight excluding hydrogens is 461 g/mol. The number of aliphatic imine (C=N–C) groups is 1. The highest BCUT2D eigenvalue weighted by Crippen LogP contribution is 2.40. The summed E-state index contributed by atoms with van der Waals surface area (Å²) in [6.45, 7) is 1.92. The van der Waals surface area contributed by atoms with Crippen molar-refractivity contribution in [1.29, 1.82) is 0 Å². The van der Waals surface area contributed by atoms with Gasteiger partial charge in [-0.2, -0.15) is 8.42 Å². The van der Waals surface area contributed by atoms with Gasteiger partial charge in [-0.05, 0) is 62.4 Å². The lowest BCUT2D eigenvalue weighted by molar-refractivity contribution is 0.293. The van der Waals surface area contributed by atoms with Crippen molar-refractivity contribution in [2.45, 2.75) is 94.0 Å². The van der Waals surface area contributed by atoms with Gasteiger partial charge in [0.05, 0.1) is 10.9 Å². The molecule has 5 rings (SSSR count). The van der Waals surface area contributed by atoms with Crippen LogP contribution in [-0.4, -0.2) is 37.1 Å². The van der Waals surface area contributed by atoms with E-state index in [1.165, 1.54) is 25.0 Å². The molecule has 2 saturated carbocycles. The SMILES string of the molecule is Cc1ccc(S(=O)(=O)/N=C2\C(c3cccc(F)c3)C(=NC3CCCCC3)N2C2CCCCC2)cc1. The van der Waals surface area contributed by atoms with Crippen molar-refractivity contribution in [3.63, 3.8) is 0 Å². The van der Waals surface area contributed by atoms with E-state index in [4.69, 9.17) is 4.99 Å². The van der Waals surface area contributed by atoms with Gasteiger partial charge in [0, 0.05) is 6.04 Å². The molecule has 5 nitrogen and oxygen atoms in total. The van der Waals surface area contributed by atoms with E-state index >= 15 is 0 Å². The molecule has 0 spiro atoms. The van der Waals surface area contributed by atoms with E-state index in [2.05, 4.69) is 9.30 Å². The Labute approximate surface area is 208 Å². The molecule has 0 N–H and O–H groups in total. The van der Waals surface area contributed by atoms with Gasteiger partial charge in [0.1, 0.15) is 23.4 Å². The van der Waals surface area contributed by atoms with Crippen LogP contribution >= 0.6 is 0 Å². The molecular formula is C28H34FN3O2S. The van der Waals surface area contributed by atoms with Crippen molar-refractivity contribution in [3.8, 4) is 0 Å². The first-order chi connectivity index (χ1) is 16.9. The van der Waals surface area contributed by atoms with Crippen molar-refractivity contribution in [2.24, 2.45) is 9.39 Å². The second-order valence-corrected chi connectivity index (χ2v) is 11.8. The fourth-order valence-electron chi connectivity index (χ4n) is 5.66. The Hall–Kier alpha value is -2.54. The van der Waals surface area contributed by atoms with Gasteiger partial charge in [-0.3, -0.25) is 4.99 Å². The molecule has 3 aliphatic rings. The van der Waals surface area contributed by atoms with E-state index in [1.54, 1.807) is 30.3 Å². The first-order valence-corrected chi connectivity index (χ1v) is 14.4. The van der Waals surface area contributed by atoms with E-state index in [-0.39, 0.29) is 22.8 Å². The molecule has 0 bridgehead atoms. The van der Waals surface area contributed by atoms with Gasteiger partial charge in [-0.25, -0.2) is 4.39 Å². The molecule has 7 heteroatoms. The number of hydrogen-bond acceptors (Lipinski definition) is 3. The number of rotatable bonds is 5. The number of benzene rings is 2. The van der Waals surface area contributed by atoms with Crippen LogP contribution < -0.4 is 0 Å². The second kappa shape index (κ2) is 10.2. The van der Waals surface area contributed by atoms with Crippen LogP contribution in [0.25, 0.3) is 0 Å². The lowest BCUT2D eigenvalue weighted by Gasteiger charge is -2.49. The fraction of sp³-hybridized carbons (Fsp3) is 0.500. The summed E-state index contributed by atoms with van der Waals surface area (Å²) in [6, 6.07) is 13.6. The maximum atomic E-state index is 14.3. The smallest absolute Gasteiger partial charge is 0.283 e. The Bertz CT molecular complexity index is 1210. The highest BCUT2D eigenvalue weighted by Gasteiger charge is 2.48. The third kappa shape index (κ3) is 5.20. The maximum absolute atomic E-state index is 14.3. The summed E-state index contributed by atoms with van der Waals surface area (Å²) in [4.78, 5) is 7.46. The summed E-state index contributed by atoms with van der Waals surface area (Å²) >= 11 is 0. The Kier molecular flexibility index (Phi) is 7.05. The molecule has 3 fully saturated rings. The van der Waals surface area contributed by atoms with Crippen molar-refractivity contribution in [3.05, 3.63) is 65.5 Å². The zero-order valence-electron chi connectivity index (χ0n) is 20.4. The average molecular weight is 496 g/mol. The Balaban J connectivity index is 1.61. The molecule has 1 heterocycles. The van der Waals surface area contributed by atoms with E-state index < -0.39 is 15.9 Å². The topological polar surface area (TPSA) is 62.1 Å². The highest BCUT2D eigenvalue weighted by molar-refractivity contribution is 7.90. The van der Waals surface area contributed by atoms with Crippen LogP contribution in [0.3, 0.4) is 0 Å². The van der Waals surface area contributed by atoms with Crippen LogP contribution in [-0.2, 0) is 10.0 Å². The predicted molar refractivity (Wildman–Crippen MR) is 138 cm³/mol. The minimum atomic E-state index is -3.92. The summed E-state index contributed by atoms with van der Waals surface area (Å²) in [7, 11) is -3.92. The largest absolute Gasteiger partial charge is 0.313 e. The molecule has 186 valence electrons. The van der Waals surface area contributed by atoms with Crippen LogP contribution in [0.4, 0.5) is 4.39 Å². The molecule has 1 unspecified atom stereocenters. The first kappa shape index (κ1) is 24.2. The molecule has 2 aromatic carbocycles. The molecule has 1 saturated heterocycles. The zero-order chi connectivity index (χ0) is 24.4. The van der Waals surface area contributed by atoms with Gasteiger partial charge >= 0.3 is 0 Å². The van der Waals surface area contributed by atoms with Crippen molar-refractivity contribution < 1.29 is 12.8 Å². The quantitative estimate of drug-likeness (QED) is 0.483. The number of likely N-dealkylation sites (tertiary alicyclic amines) is 1. The summed E-state index contributed by atoms with van der Waals surface area (Å²) in [5.74, 6) is 0.580. The van der Waals surface area contributed by atoms with Crippen LogP contribution in [0.15, 0.2) is 62.8 Å². The Morgan fingerprint density at radius 2 is 1.51 bits per heavy atom. The predicted octanol–water partition coefficient (Wildman–Crippen LogP) is 6.38. The number of hydrogen-bond donors (Lipinski definition) is 0. The standard InChI is InChI=1S/C28H34FN3O2S/c1-20-15-17-25(18-16-20)35(33,34)31-28-26(21-9-8-10-22(29)19-21)27(30-23-11-4-2-5-12-23)32(28)24-13-6-3-7-14-24/h8-10,15-19,23-24,26H,2-7,11-14H2,1H3/b30-27?,31-28+. The molecule has 2 aromatic rings. The van der Waals surface area contributed by atoms with Gasteiger partial charge in [-0.1, -0.05) is 68.4 Å². The highest BCUT2D eigenvalue weighted by atomic mass is 32.2. The molecule has 35 heavy (non-hydrogen) atoms. The molecule has 2 aliphatic carbocycles. The van der Waals surface area contributed by atoms with Crippen LogP contribution in [0.1, 0.15) is 81.3 Å². The van der Waals surface area contributed by atoms with Gasteiger partial charge in [0.2, 0.25) is 0 Å². The van der Waals surface area contributed by atoms with Crippen molar-refractivity contribution in [2.75, 3.05) is 0 Å². The Morgan fingerprint density at radius 1 is 0.857 bits per heavy atom. The minimum absolute atomic E-state index is 0.176. The number of halogens is 1. The van der Waals surface area contributed by atoms with Gasteiger partial charge in [0.25, 0.3) is 10.0 Å². The molecule has 0 radical (unpaired) electrons. The fourth-order valence-corrected chi connectivity index (χ4v) is 6.68. The zero-order valence-corrected chi connectivity index (χ0v) is 21.2. The lowest BCUT2D eigenvalue weighted by atomic mass is 9.82. The molecule has 1 aliphatic heterocycles. The summed E-state index contributed by atoms with van der Waals surface area (Å²) in [5, 5.41) is 0. The van der Waals surface area contributed by atoms with E-state index in [0.717, 1.165) is 62.8 Å². The van der Waals surface area contributed by atoms with Crippen LogP contribution in [0.5, 0.6) is 0 Å². The molecule has 1 atom stereocenters. The number of nitrogens with zero attached hydrogens (tertiary/aromatic N) is 3. The van der Waals surface area contributed by atoms with Gasteiger partial charge < -0.3 is 4.90 Å². The third-order valence-corrected chi connectivity index (χ3v) is 8.85. The number of amidine groups is 2. The Morgan fingerprint density at radius 3 is 2.17 bits per heavy atom. The summed E-state index contributed by atoms with van der Waals surface area (Å²) < 4.78 is 45.5. The van der Waals surface area contributed by atoms with Gasteiger partial charge in [-0.15, -0.1) is 4.40 Å². The maximum Gasteiger partial charge on any atom is 0.283 e. The first-order valence-electron chi connectivity index (χ1n) is 13.0. The normalized spacial score (nSPS) is 24.6. The summed E-state index contributed by atoms with van der Waals surface area (Å²) in [6.07, 6.45) is 11.1. The summed E-state index contributed by atoms with van der Waals surface area (Å²) in [5.41, 5.74) is 1.70. The lowest BCUT2D eigenvalue weighted by Crippen LogP contribution is -2.61. The van der Waals surface area contributed by atoms with E-state index in [0.29, 0.717) is 11.4 Å². The second-order valence-electron chi connectivity index (χ2n) is 10.2. The third-order valence-electron chi connectivity index (χ3n) is 7.55. The van der Waals surface area contributed by atoms with Crippen LogP contribution in [0, 0.1) is 12.7 Å². The number of aryl methyl sites for hydroxylation is 1. The number of sulfonamides is 1. The average Bonchev–Trinajstić information content (AvgIpc) is 2.85.